The number of rotatable bonds is 4. The number of amides is 1. The van der Waals surface area contributed by atoms with Gasteiger partial charge in [0.1, 0.15) is 0 Å². The molecule has 1 aliphatic heterocycles. The van der Waals surface area contributed by atoms with Crippen LogP contribution < -0.4 is 4.90 Å². The van der Waals surface area contributed by atoms with Crippen molar-refractivity contribution in [2.45, 2.75) is 38.6 Å². The van der Waals surface area contributed by atoms with Gasteiger partial charge in [-0.1, -0.05) is 0 Å². The summed E-state index contributed by atoms with van der Waals surface area (Å²) in [4.78, 5) is 25.4. The minimum absolute atomic E-state index is 0.0776. The van der Waals surface area contributed by atoms with E-state index in [1.165, 1.54) is 12.8 Å². The van der Waals surface area contributed by atoms with E-state index in [4.69, 9.17) is 0 Å². The molecule has 1 aromatic heterocycles. The highest BCUT2D eigenvalue weighted by atomic mass is 16.2. The summed E-state index contributed by atoms with van der Waals surface area (Å²) in [7, 11) is 1.96. The molecule has 2 heterocycles. The lowest BCUT2D eigenvalue weighted by Gasteiger charge is -2.35. The number of hydrogen-bond acceptors (Lipinski definition) is 4. The molecule has 0 unspecified atom stereocenters. The highest BCUT2D eigenvalue weighted by Gasteiger charge is 2.36. The van der Waals surface area contributed by atoms with E-state index in [-0.39, 0.29) is 11.8 Å². The number of nitrogens with zero attached hydrogens (tertiary/aromatic N) is 4. The molecule has 1 aliphatic carbocycles. The first-order chi connectivity index (χ1) is 10.2. The van der Waals surface area contributed by atoms with Crippen LogP contribution in [0.4, 0.5) is 5.95 Å². The molecule has 3 rings (SSSR count). The quantitative estimate of drug-likeness (QED) is 0.849. The van der Waals surface area contributed by atoms with Crippen molar-refractivity contribution in [1.29, 1.82) is 0 Å². The van der Waals surface area contributed by atoms with Gasteiger partial charge in [0.2, 0.25) is 11.9 Å². The first kappa shape index (κ1) is 14.3. The Kier molecular flexibility index (Phi) is 4.08. The molecule has 2 fully saturated rings. The smallest absolute Gasteiger partial charge is 0.227 e. The number of carbonyl (C=O) groups excluding carboxylic acids is 1. The Morgan fingerprint density at radius 1 is 1.33 bits per heavy atom. The molecular formula is C16H24N4O. The predicted octanol–water partition coefficient (Wildman–Crippen LogP) is 1.95. The molecule has 1 aromatic rings. The molecule has 0 spiro atoms. The Morgan fingerprint density at radius 2 is 2.05 bits per heavy atom. The lowest BCUT2D eigenvalue weighted by molar-refractivity contribution is -0.136. The van der Waals surface area contributed by atoms with Gasteiger partial charge in [-0.15, -0.1) is 0 Å². The largest absolute Gasteiger partial charge is 0.342 e. The highest BCUT2D eigenvalue weighted by molar-refractivity contribution is 5.79. The molecule has 5 nitrogen and oxygen atoms in total. The van der Waals surface area contributed by atoms with Gasteiger partial charge in [0.15, 0.2) is 0 Å². The maximum atomic E-state index is 12.7. The molecule has 1 saturated heterocycles. The molecule has 114 valence electrons. The molecule has 2 atom stereocenters. The van der Waals surface area contributed by atoms with Crippen molar-refractivity contribution in [3.05, 3.63) is 18.5 Å². The van der Waals surface area contributed by atoms with E-state index in [9.17, 15) is 4.79 Å². The minimum Gasteiger partial charge on any atom is -0.342 e. The predicted molar refractivity (Wildman–Crippen MR) is 81.9 cm³/mol. The van der Waals surface area contributed by atoms with Gasteiger partial charge in [0, 0.05) is 38.6 Å². The van der Waals surface area contributed by atoms with E-state index in [0.29, 0.717) is 6.04 Å². The second kappa shape index (κ2) is 6.00. The van der Waals surface area contributed by atoms with Crippen LogP contribution >= 0.6 is 0 Å². The molecule has 1 amide bonds. The van der Waals surface area contributed by atoms with E-state index in [1.807, 2.05) is 18.0 Å². The van der Waals surface area contributed by atoms with Crippen molar-refractivity contribution < 1.29 is 4.79 Å². The van der Waals surface area contributed by atoms with Gasteiger partial charge < -0.3 is 9.80 Å². The topological polar surface area (TPSA) is 49.3 Å². The van der Waals surface area contributed by atoms with Gasteiger partial charge in [0.25, 0.3) is 0 Å². The third-order valence-corrected chi connectivity index (χ3v) is 4.87. The van der Waals surface area contributed by atoms with Crippen molar-refractivity contribution in [3.8, 4) is 0 Å². The molecular weight excluding hydrogens is 264 g/mol. The zero-order valence-electron chi connectivity index (χ0n) is 12.9. The normalized spacial score (nSPS) is 23.7. The van der Waals surface area contributed by atoms with Gasteiger partial charge in [-0.25, -0.2) is 9.97 Å². The third kappa shape index (κ3) is 3.17. The second-order valence-corrected chi connectivity index (χ2v) is 6.36. The zero-order valence-corrected chi connectivity index (χ0v) is 12.9. The molecule has 1 saturated carbocycles. The third-order valence-electron chi connectivity index (χ3n) is 4.87. The van der Waals surface area contributed by atoms with E-state index >= 15 is 0 Å². The van der Waals surface area contributed by atoms with Crippen molar-refractivity contribution in [2.24, 2.45) is 11.8 Å². The Morgan fingerprint density at radius 3 is 2.71 bits per heavy atom. The standard InChI is InChI=1S/C16H24N4O/c1-12(13-6-7-13)19(2)15(21)14-5-3-10-20(11-14)16-17-8-4-9-18-16/h4,8-9,12-14H,3,5-7,10-11H2,1-2H3/t12-,14-/m0/s1. The van der Waals surface area contributed by atoms with Gasteiger partial charge >= 0.3 is 0 Å². The lowest BCUT2D eigenvalue weighted by Crippen LogP contribution is -2.47. The monoisotopic (exact) mass is 288 g/mol. The Bertz CT molecular complexity index is 488. The first-order valence-electron chi connectivity index (χ1n) is 7.95. The molecule has 0 N–H and O–H groups in total. The highest BCUT2D eigenvalue weighted by Crippen LogP contribution is 2.35. The Labute approximate surface area is 126 Å². The second-order valence-electron chi connectivity index (χ2n) is 6.36. The fraction of sp³-hybridized carbons (Fsp3) is 0.688. The molecule has 0 radical (unpaired) electrons. The number of piperidine rings is 1. The maximum Gasteiger partial charge on any atom is 0.227 e. The summed E-state index contributed by atoms with van der Waals surface area (Å²) >= 11 is 0. The van der Waals surface area contributed by atoms with Gasteiger partial charge in [0.05, 0.1) is 5.92 Å². The van der Waals surface area contributed by atoms with Gasteiger partial charge in [-0.2, -0.15) is 0 Å². The summed E-state index contributed by atoms with van der Waals surface area (Å²) in [5.74, 6) is 1.83. The van der Waals surface area contributed by atoms with Crippen LogP contribution in [0, 0.1) is 11.8 Å². The van der Waals surface area contributed by atoms with Crippen LogP contribution in [0.2, 0.25) is 0 Å². The summed E-state index contributed by atoms with van der Waals surface area (Å²) in [5, 5.41) is 0. The molecule has 5 heteroatoms. The van der Waals surface area contributed by atoms with Crippen molar-refractivity contribution in [3.63, 3.8) is 0 Å². The number of anilines is 1. The Hall–Kier alpha value is -1.65. The van der Waals surface area contributed by atoms with E-state index in [1.54, 1.807) is 12.4 Å². The lowest BCUT2D eigenvalue weighted by atomic mass is 9.96. The van der Waals surface area contributed by atoms with Crippen molar-refractivity contribution in [1.82, 2.24) is 14.9 Å². The average Bonchev–Trinajstić information content (AvgIpc) is 3.38. The van der Waals surface area contributed by atoms with Crippen LogP contribution in [0.5, 0.6) is 0 Å². The van der Waals surface area contributed by atoms with Gasteiger partial charge in [-0.05, 0) is 44.6 Å². The molecule has 0 aromatic carbocycles. The van der Waals surface area contributed by atoms with Crippen LogP contribution in [0.25, 0.3) is 0 Å². The first-order valence-corrected chi connectivity index (χ1v) is 7.95. The summed E-state index contributed by atoms with van der Waals surface area (Å²) in [6.45, 7) is 3.86. The minimum atomic E-state index is 0.0776. The summed E-state index contributed by atoms with van der Waals surface area (Å²) in [6.07, 6.45) is 8.06. The van der Waals surface area contributed by atoms with E-state index in [2.05, 4.69) is 21.8 Å². The summed E-state index contributed by atoms with van der Waals surface area (Å²) in [6, 6.07) is 2.20. The summed E-state index contributed by atoms with van der Waals surface area (Å²) < 4.78 is 0. The van der Waals surface area contributed by atoms with E-state index in [0.717, 1.165) is 37.8 Å². The zero-order chi connectivity index (χ0) is 14.8. The van der Waals surface area contributed by atoms with Crippen LogP contribution in [-0.2, 0) is 4.79 Å². The number of carbonyl (C=O) groups is 1. The fourth-order valence-electron chi connectivity index (χ4n) is 3.20. The van der Waals surface area contributed by atoms with Gasteiger partial charge in [-0.3, -0.25) is 4.79 Å². The maximum absolute atomic E-state index is 12.7. The molecule has 0 bridgehead atoms. The Balaban J connectivity index is 1.64. The van der Waals surface area contributed by atoms with Crippen molar-refractivity contribution >= 4 is 11.9 Å². The number of aromatic nitrogens is 2. The van der Waals surface area contributed by atoms with E-state index < -0.39 is 0 Å². The average molecular weight is 288 g/mol. The number of hydrogen-bond donors (Lipinski definition) is 0. The van der Waals surface area contributed by atoms with Crippen LogP contribution in [0.15, 0.2) is 18.5 Å². The molecule has 2 aliphatic rings. The van der Waals surface area contributed by atoms with Crippen LogP contribution in [-0.4, -0.2) is 47.0 Å². The SMILES string of the molecule is C[C@@H](C1CC1)N(C)C(=O)[C@H]1CCCN(c2ncccn2)C1. The molecule has 21 heavy (non-hydrogen) atoms. The van der Waals surface area contributed by atoms with Crippen LogP contribution in [0.3, 0.4) is 0 Å². The fourth-order valence-corrected chi connectivity index (χ4v) is 3.20. The van der Waals surface area contributed by atoms with Crippen molar-refractivity contribution in [2.75, 3.05) is 25.0 Å². The summed E-state index contributed by atoms with van der Waals surface area (Å²) in [5.41, 5.74) is 0. The van der Waals surface area contributed by atoms with Crippen LogP contribution in [0.1, 0.15) is 32.6 Å².